The van der Waals surface area contributed by atoms with Gasteiger partial charge in [-0.25, -0.2) is 0 Å². The molecule has 0 saturated carbocycles. The smallest absolute Gasteiger partial charge is 0.252 e. The first-order valence-corrected chi connectivity index (χ1v) is 8.37. The minimum absolute atomic E-state index is 0.0123. The molecule has 4 heteroatoms. The Balaban J connectivity index is 1.87. The lowest BCUT2D eigenvalue weighted by Crippen LogP contribution is -2.33. The number of aryl methyl sites for hydroxylation is 2. The molecule has 0 atom stereocenters. The lowest BCUT2D eigenvalue weighted by atomic mass is 10.1. The van der Waals surface area contributed by atoms with E-state index < -0.39 is 0 Å². The first-order valence-electron chi connectivity index (χ1n) is 7.29. The molecule has 2 aromatic carbocycles. The molecule has 2 aromatic rings. The average molecular weight is 408 g/mol. The Morgan fingerprint density at radius 2 is 1.73 bits per heavy atom. The van der Waals surface area contributed by atoms with E-state index in [0.717, 1.165) is 21.4 Å². The van der Waals surface area contributed by atoms with Crippen molar-refractivity contribution in [1.29, 1.82) is 0 Å². The van der Waals surface area contributed by atoms with Crippen LogP contribution in [-0.4, -0.2) is 26.0 Å². The molecule has 0 aliphatic heterocycles. The topological polar surface area (TPSA) is 32.3 Å². The lowest BCUT2D eigenvalue weighted by molar-refractivity contribution is 0.0954. The SMILES string of the molecule is Cc1ccc(N(C)CCNC(=O)c2ccc(C)cc2I)cc1. The fourth-order valence-electron chi connectivity index (χ4n) is 2.16. The van der Waals surface area contributed by atoms with Crippen LogP contribution in [0.3, 0.4) is 0 Å². The van der Waals surface area contributed by atoms with Crippen LogP contribution in [0, 0.1) is 17.4 Å². The summed E-state index contributed by atoms with van der Waals surface area (Å²) in [5.74, 6) is -0.0123. The first-order chi connectivity index (χ1) is 10.5. The molecule has 22 heavy (non-hydrogen) atoms. The van der Waals surface area contributed by atoms with Crippen molar-refractivity contribution < 1.29 is 4.79 Å². The number of nitrogens with zero attached hydrogens (tertiary/aromatic N) is 1. The van der Waals surface area contributed by atoms with Crippen LogP contribution in [0.4, 0.5) is 5.69 Å². The van der Waals surface area contributed by atoms with E-state index in [1.54, 1.807) is 0 Å². The summed E-state index contributed by atoms with van der Waals surface area (Å²) in [6.45, 7) is 5.50. The van der Waals surface area contributed by atoms with E-state index in [-0.39, 0.29) is 5.91 Å². The van der Waals surface area contributed by atoms with Gasteiger partial charge in [0.25, 0.3) is 5.91 Å². The number of carbonyl (C=O) groups excluding carboxylic acids is 1. The van der Waals surface area contributed by atoms with Crippen LogP contribution in [0.2, 0.25) is 0 Å². The van der Waals surface area contributed by atoms with E-state index in [2.05, 4.69) is 64.0 Å². The molecule has 1 amide bonds. The third-order valence-corrected chi connectivity index (χ3v) is 4.47. The highest BCUT2D eigenvalue weighted by Gasteiger charge is 2.09. The molecule has 0 unspecified atom stereocenters. The van der Waals surface area contributed by atoms with E-state index in [1.807, 2.05) is 32.2 Å². The zero-order valence-electron chi connectivity index (χ0n) is 13.2. The molecule has 2 rings (SSSR count). The monoisotopic (exact) mass is 408 g/mol. The zero-order valence-corrected chi connectivity index (χ0v) is 15.3. The zero-order chi connectivity index (χ0) is 16.1. The molecule has 0 aliphatic rings. The van der Waals surface area contributed by atoms with Gasteiger partial charge in [-0.05, 0) is 60.7 Å². The molecule has 0 heterocycles. The van der Waals surface area contributed by atoms with Gasteiger partial charge in [0.15, 0.2) is 0 Å². The van der Waals surface area contributed by atoms with Gasteiger partial charge in [0.1, 0.15) is 0 Å². The molecule has 0 aromatic heterocycles. The van der Waals surface area contributed by atoms with Crippen molar-refractivity contribution >= 4 is 34.2 Å². The maximum atomic E-state index is 12.2. The van der Waals surface area contributed by atoms with Gasteiger partial charge in [0.2, 0.25) is 0 Å². The third kappa shape index (κ3) is 4.47. The van der Waals surface area contributed by atoms with E-state index in [4.69, 9.17) is 0 Å². The minimum atomic E-state index is -0.0123. The van der Waals surface area contributed by atoms with Crippen LogP contribution in [-0.2, 0) is 0 Å². The van der Waals surface area contributed by atoms with Gasteiger partial charge < -0.3 is 10.2 Å². The van der Waals surface area contributed by atoms with Crippen LogP contribution in [0.15, 0.2) is 42.5 Å². The molecule has 0 saturated heterocycles. The highest BCUT2D eigenvalue weighted by molar-refractivity contribution is 14.1. The summed E-state index contributed by atoms with van der Waals surface area (Å²) in [4.78, 5) is 14.3. The number of likely N-dealkylation sites (N-methyl/N-ethyl adjacent to an activating group) is 1. The highest BCUT2D eigenvalue weighted by atomic mass is 127. The van der Waals surface area contributed by atoms with Gasteiger partial charge in [0.05, 0.1) is 5.56 Å². The van der Waals surface area contributed by atoms with E-state index >= 15 is 0 Å². The molecule has 0 fully saturated rings. The number of benzene rings is 2. The van der Waals surface area contributed by atoms with Crippen LogP contribution in [0.1, 0.15) is 21.5 Å². The number of carbonyl (C=O) groups is 1. The van der Waals surface area contributed by atoms with Crippen LogP contribution in [0.5, 0.6) is 0 Å². The van der Waals surface area contributed by atoms with Crippen LogP contribution < -0.4 is 10.2 Å². The predicted molar refractivity (Wildman–Crippen MR) is 101 cm³/mol. The summed E-state index contributed by atoms with van der Waals surface area (Å²) >= 11 is 2.21. The van der Waals surface area contributed by atoms with Crippen molar-refractivity contribution in [2.24, 2.45) is 0 Å². The van der Waals surface area contributed by atoms with Gasteiger partial charge in [-0.2, -0.15) is 0 Å². The van der Waals surface area contributed by atoms with Gasteiger partial charge in [0, 0.05) is 29.4 Å². The summed E-state index contributed by atoms with van der Waals surface area (Å²) < 4.78 is 0.988. The molecule has 0 radical (unpaired) electrons. The Labute approximate surface area is 145 Å². The second kappa shape index (κ2) is 7.63. The Kier molecular flexibility index (Phi) is 5.83. The van der Waals surface area contributed by atoms with Gasteiger partial charge in [-0.1, -0.05) is 29.3 Å². The number of amides is 1. The average Bonchev–Trinajstić information content (AvgIpc) is 2.47. The molecule has 0 bridgehead atoms. The lowest BCUT2D eigenvalue weighted by Gasteiger charge is -2.19. The fraction of sp³-hybridized carbons (Fsp3) is 0.278. The second-order valence-electron chi connectivity index (χ2n) is 5.50. The standard InChI is InChI=1S/C18H21IN2O/c1-13-4-7-15(8-5-13)21(3)11-10-20-18(22)16-9-6-14(2)12-17(16)19/h4-9,12H,10-11H2,1-3H3,(H,20,22). The number of nitrogens with one attached hydrogen (secondary N) is 1. The first kappa shape index (κ1) is 16.8. The summed E-state index contributed by atoms with van der Waals surface area (Å²) in [7, 11) is 2.03. The number of anilines is 1. The molecule has 1 N–H and O–H groups in total. The van der Waals surface area contributed by atoms with Crippen molar-refractivity contribution in [3.63, 3.8) is 0 Å². The number of halogens is 1. The minimum Gasteiger partial charge on any atom is -0.373 e. The molecule has 116 valence electrons. The Morgan fingerprint density at radius 1 is 1.09 bits per heavy atom. The number of rotatable bonds is 5. The summed E-state index contributed by atoms with van der Waals surface area (Å²) in [5.41, 5.74) is 4.31. The van der Waals surface area contributed by atoms with Gasteiger partial charge >= 0.3 is 0 Å². The van der Waals surface area contributed by atoms with Crippen LogP contribution >= 0.6 is 22.6 Å². The molecule has 0 spiro atoms. The summed E-state index contributed by atoms with van der Waals surface area (Å²) in [6, 6.07) is 14.3. The maximum Gasteiger partial charge on any atom is 0.252 e. The van der Waals surface area contributed by atoms with Crippen molar-refractivity contribution in [3.05, 3.63) is 62.7 Å². The molecule has 3 nitrogen and oxygen atoms in total. The predicted octanol–water partition coefficient (Wildman–Crippen LogP) is 3.77. The number of hydrogen-bond donors (Lipinski definition) is 1. The van der Waals surface area contributed by atoms with Crippen LogP contribution in [0.25, 0.3) is 0 Å². The largest absolute Gasteiger partial charge is 0.373 e. The quantitative estimate of drug-likeness (QED) is 0.764. The van der Waals surface area contributed by atoms with E-state index in [0.29, 0.717) is 6.54 Å². The van der Waals surface area contributed by atoms with Gasteiger partial charge in [-0.3, -0.25) is 4.79 Å². The summed E-state index contributed by atoms with van der Waals surface area (Å²) in [6.07, 6.45) is 0. The van der Waals surface area contributed by atoms with E-state index in [1.165, 1.54) is 11.1 Å². The molecule has 0 aliphatic carbocycles. The summed E-state index contributed by atoms with van der Waals surface area (Å²) in [5, 5.41) is 2.99. The third-order valence-electron chi connectivity index (χ3n) is 3.58. The second-order valence-corrected chi connectivity index (χ2v) is 6.66. The Morgan fingerprint density at radius 3 is 2.36 bits per heavy atom. The molecular formula is C18H21IN2O. The Bertz CT molecular complexity index is 653. The highest BCUT2D eigenvalue weighted by Crippen LogP contribution is 2.14. The fourth-order valence-corrected chi connectivity index (χ4v) is 3.08. The molecular weight excluding hydrogens is 387 g/mol. The van der Waals surface area contributed by atoms with Crippen molar-refractivity contribution in [1.82, 2.24) is 5.32 Å². The van der Waals surface area contributed by atoms with Crippen molar-refractivity contribution in [3.8, 4) is 0 Å². The normalized spacial score (nSPS) is 10.4. The number of hydrogen-bond acceptors (Lipinski definition) is 2. The van der Waals surface area contributed by atoms with Gasteiger partial charge in [-0.15, -0.1) is 0 Å². The van der Waals surface area contributed by atoms with E-state index in [9.17, 15) is 4.79 Å². The Hall–Kier alpha value is -1.56. The van der Waals surface area contributed by atoms with Crippen molar-refractivity contribution in [2.75, 3.05) is 25.0 Å². The maximum absolute atomic E-state index is 12.2. The van der Waals surface area contributed by atoms with Crippen molar-refractivity contribution in [2.45, 2.75) is 13.8 Å².